The number of nitrogens with zero attached hydrogens (tertiary/aromatic N) is 2. The zero-order valence-corrected chi connectivity index (χ0v) is 14.5. The second-order valence-electron chi connectivity index (χ2n) is 4.76. The van der Waals surface area contributed by atoms with E-state index in [1.165, 1.54) is 16.9 Å². The monoisotopic (exact) mass is 380 g/mol. The molecule has 0 radical (unpaired) electrons. The van der Waals surface area contributed by atoms with Crippen LogP contribution in [0.4, 0.5) is 5.69 Å². The van der Waals surface area contributed by atoms with Crippen LogP contribution in [0.5, 0.6) is 0 Å². The summed E-state index contributed by atoms with van der Waals surface area (Å²) in [6.45, 7) is 7.39. The quantitative estimate of drug-likeness (QED) is 0.540. The molecule has 0 aliphatic rings. The molecule has 0 bridgehead atoms. The zero-order chi connectivity index (χ0) is 13.8. The van der Waals surface area contributed by atoms with Crippen LogP contribution in [0.3, 0.4) is 0 Å². The Morgan fingerprint density at radius 3 is 2.40 bits per heavy atom. The lowest BCUT2D eigenvalue weighted by atomic mass is 10.0. The van der Waals surface area contributed by atoms with E-state index in [9.17, 15) is 0 Å². The minimum Gasteiger partial charge on any atom is -1.00 e. The second kappa shape index (κ2) is 7.43. The van der Waals surface area contributed by atoms with Gasteiger partial charge in [-0.2, -0.15) is 4.57 Å². The first-order chi connectivity index (χ1) is 9.15. The van der Waals surface area contributed by atoms with Crippen LogP contribution in [-0.2, 0) is 6.54 Å². The Morgan fingerprint density at radius 1 is 1.10 bits per heavy atom. The van der Waals surface area contributed by atoms with Gasteiger partial charge in [-0.1, -0.05) is 24.8 Å². The first-order valence-corrected chi connectivity index (χ1v) is 6.59. The summed E-state index contributed by atoms with van der Waals surface area (Å²) < 4.78 is 2.22. The Balaban J connectivity index is 0.00000200. The molecule has 0 fully saturated rings. The molecule has 20 heavy (non-hydrogen) atoms. The van der Waals surface area contributed by atoms with Crippen LogP contribution in [0.1, 0.15) is 18.2 Å². The van der Waals surface area contributed by atoms with Crippen LogP contribution in [0, 0.1) is 0 Å². The van der Waals surface area contributed by atoms with Gasteiger partial charge in [-0.3, -0.25) is 0 Å². The number of rotatable bonds is 4. The number of pyridine rings is 1. The largest absolute Gasteiger partial charge is 1.00 e. The summed E-state index contributed by atoms with van der Waals surface area (Å²) in [4.78, 5) is 2.12. The Morgan fingerprint density at radius 2 is 1.75 bits per heavy atom. The Labute approximate surface area is 138 Å². The number of benzene rings is 1. The second-order valence-corrected chi connectivity index (χ2v) is 4.76. The lowest BCUT2D eigenvalue weighted by Gasteiger charge is -2.18. The van der Waals surface area contributed by atoms with Gasteiger partial charge in [0.05, 0.1) is 0 Å². The molecule has 0 unspecified atom stereocenters. The topological polar surface area (TPSA) is 7.12 Å². The van der Waals surface area contributed by atoms with Crippen LogP contribution in [-0.4, -0.2) is 14.1 Å². The molecule has 0 spiro atoms. The van der Waals surface area contributed by atoms with Gasteiger partial charge in [0.1, 0.15) is 6.54 Å². The SMILES string of the molecule is C=C(c1ccccc1N(C)C)c1cccc[n+]1CC.[I-]. The molecule has 2 rings (SSSR count). The van der Waals surface area contributed by atoms with Gasteiger partial charge in [-0.25, -0.2) is 0 Å². The van der Waals surface area contributed by atoms with Crippen molar-refractivity contribution in [2.75, 3.05) is 19.0 Å². The summed E-state index contributed by atoms with van der Waals surface area (Å²) in [6, 6.07) is 14.6. The third-order valence-corrected chi connectivity index (χ3v) is 3.30. The molecule has 0 aliphatic heterocycles. The minimum atomic E-state index is 0. The van der Waals surface area contributed by atoms with Gasteiger partial charge in [-0.05, 0) is 19.1 Å². The van der Waals surface area contributed by atoms with E-state index in [-0.39, 0.29) is 24.0 Å². The molecule has 106 valence electrons. The van der Waals surface area contributed by atoms with Crippen LogP contribution in [0.15, 0.2) is 55.2 Å². The predicted molar refractivity (Wildman–Crippen MR) is 81.2 cm³/mol. The van der Waals surface area contributed by atoms with E-state index in [0.29, 0.717) is 0 Å². The number of aromatic nitrogens is 1. The molecule has 2 aromatic rings. The van der Waals surface area contributed by atoms with E-state index in [2.05, 4.69) is 85.7 Å². The fourth-order valence-electron chi connectivity index (χ4n) is 2.28. The highest BCUT2D eigenvalue weighted by Crippen LogP contribution is 2.27. The molecule has 0 saturated carbocycles. The van der Waals surface area contributed by atoms with Crippen molar-refractivity contribution in [3.05, 3.63) is 66.5 Å². The van der Waals surface area contributed by atoms with Crippen molar-refractivity contribution in [3.63, 3.8) is 0 Å². The average Bonchev–Trinajstić information content (AvgIpc) is 2.46. The van der Waals surface area contributed by atoms with Gasteiger partial charge < -0.3 is 28.9 Å². The van der Waals surface area contributed by atoms with Crippen molar-refractivity contribution in [2.45, 2.75) is 13.5 Å². The highest BCUT2D eigenvalue weighted by atomic mass is 127. The van der Waals surface area contributed by atoms with Crippen LogP contribution < -0.4 is 33.4 Å². The van der Waals surface area contributed by atoms with Crippen LogP contribution >= 0.6 is 0 Å². The highest BCUT2D eigenvalue weighted by Gasteiger charge is 2.16. The standard InChI is InChI=1S/C17H21N2.HI/c1-5-19-13-9-8-11-16(19)14(2)15-10-6-7-12-17(15)18(3)4;/h6-13H,2,5H2,1,3-4H3;1H/q+1;/p-1. The minimum absolute atomic E-state index is 0. The maximum atomic E-state index is 4.30. The number of anilines is 1. The van der Waals surface area contributed by atoms with Crippen LogP contribution in [0.2, 0.25) is 0 Å². The van der Waals surface area contributed by atoms with Crippen molar-refractivity contribution in [3.8, 4) is 0 Å². The molecule has 0 aliphatic carbocycles. The van der Waals surface area contributed by atoms with E-state index in [1.54, 1.807) is 0 Å². The molecular weight excluding hydrogens is 359 g/mol. The number of aryl methyl sites for hydroxylation is 1. The number of hydrogen-bond donors (Lipinski definition) is 0. The van der Waals surface area contributed by atoms with Crippen molar-refractivity contribution in [1.82, 2.24) is 0 Å². The summed E-state index contributed by atoms with van der Waals surface area (Å²) in [5.41, 5.74) is 4.60. The summed E-state index contributed by atoms with van der Waals surface area (Å²) in [5, 5.41) is 0. The molecule has 3 heteroatoms. The molecule has 0 saturated heterocycles. The highest BCUT2D eigenvalue weighted by molar-refractivity contribution is 5.82. The van der Waals surface area contributed by atoms with Gasteiger partial charge >= 0.3 is 0 Å². The number of halogens is 1. The lowest BCUT2D eigenvalue weighted by molar-refractivity contribution is -0.695. The summed E-state index contributed by atoms with van der Waals surface area (Å²) >= 11 is 0. The summed E-state index contributed by atoms with van der Waals surface area (Å²) in [6.07, 6.45) is 2.10. The van der Waals surface area contributed by atoms with E-state index in [1.807, 2.05) is 0 Å². The molecule has 1 aromatic heterocycles. The number of hydrogen-bond acceptors (Lipinski definition) is 1. The van der Waals surface area contributed by atoms with E-state index in [4.69, 9.17) is 0 Å². The Bertz CT molecular complexity index is 591. The average molecular weight is 380 g/mol. The van der Waals surface area contributed by atoms with Crippen LogP contribution in [0.25, 0.3) is 5.57 Å². The Hall–Kier alpha value is -1.36. The van der Waals surface area contributed by atoms with Gasteiger partial charge in [0, 0.05) is 43.1 Å². The first-order valence-electron chi connectivity index (χ1n) is 6.59. The molecular formula is C17H21IN2. The number of para-hydroxylation sites is 1. The molecule has 2 nitrogen and oxygen atoms in total. The fraction of sp³-hybridized carbons (Fsp3) is 0.235. The third-order valence-electron chi connectivity index (χ3n) is 3.30. The predicted octanol–water partition coefficient (Wildman–Crippen LogP) is 0.126. The van der Waals surface area contributed by atoms with Crippen molar-refractivity contribution in [2.24, 2.45) is 0 Å². The summed E-state index contributed by atoms with van der Waals surface area (Å²) in [5.74, 6) is 0. The zero-order valence-electron chi connectivity index (χ0n) is 12.3. The normalized spacial score (nSPS) is 9.75. The lowest BCUT2D eigenvalue weighted by Crippen LogP contribution is -3.00. The smallest absolute Gasteiger partial charge is 0.212 e. The molecule has 1 heterocycles. The maximum absolute atomic E-state index is 4.30. The van der Waals surface area contributed by atoms with Crippen molar-refractivity contribution in [1.29, 1.82) is 0 Å². The van der Waals surface area contributed by atoms with E-state index in [0.717, 1.165) is 12.1 Å². The fourth-order valence-corrected chi connectivity index (χ4v) is 2.28. The van der Waals surface area contributed by atoms with Gasteiger partial charge in [0.15, 0.2) is 6.20 Å². The third kappa shape index (κ3) is 3.39. The van der Waals surface area contributed by atoms with Crippen molar-refractivity contribution < 1.29 is 28.5 Å². The van der Waals surface area contributed by atoms with Crippen molar-refractivity contribution >= 4 is 11.3 Å². The molecule has 0 amide bonds. The van der Waals surface area contributed by atoms with Gasteiger partial charge in [0.2, 0.25) is 5.69 Å². The summed E-state index contributed by atoms with van der Waals surface area (Å²) in [7, 11) is 4.12. The van der Waals surface area contributed by atoms with Gasteiger partial charge in [-0.15, -0.1) is 0 Å². The van der Waals surface area contributed by atoms with Gasteiger partial charge in [0.25, 0.3) is 0 Å². The molecule has 0 atom stereocenters. The van der Waals surface area contributed by atoms with E-state index < -0.39 is 0 Å². The Kier molecular flexibility index (Phi) is 6.20. The first kappa shape index (κ1) is 16.7. The molecule has 0 N–H and O–H groups in total. The van der Waals surface area contributed by atoms with E-state index >= 15 is 0 Å². The maximum Gasteiger partial charge on any atom is 0.212 e. The molecule has 1 aromatic carbocycles.